The van der Waals surface area contributed by atoms with Gasteiger partial charge in [0.2, 0.25) is 5.88 Å². The number of sulfonamides is 1. The van der Waals surface area contributed by atoms with Crippen LogP contribution in [0.3, 0.4) is 0 Å². The van der Waals surface area contributed by atoms with Crippen molar-refractivity contribution in [3.63, 3.8) is 0 Å². The van der Waals surface area contributed by atoms with Crippen molar-refractivity contribution >= 4 is 27.6 Å². The third-order valence-electron chi connectivity index (χ3n) is 6.94. The van der Waals surface area contributed by atoms with E-state index < -0.39 is 15.9 Å². The number of nitrogens with zero attached hydrogens (tertiary/aromatic N) is 5. The minimum atomic E-state index is -4.26. The third kappa shape index (κ3) is 5.45. The van der Waals surface area contributed by atoms with Crippen LogP contribution in [-0.4, -0.2) is 52.8 Å². The van der Waals surface area contributed by atoms with Crippen LogP contribution in [0.15, 0.2) is 41.4 Å². The molecule has 4 rings (SSSR count). The zero-order valence-electron chi connectivity index (χ0n) is 22.6. The predicted octanol–water partition coefficient (Wildman–Crippen LogP) is 3.33. The standard InChI is InChI=1S/C26H35N7O4S/c1-16(2)15-37-22-14-18(4)33(30-22)21-11-10-19(24(29-21)32-13-12-17(3)26(32,5)6)25(34)31-38(35,36)23-9-7-8-20(27)28-23/h7-11,14,16-17H,12-13,15H2,1-6H3,(H2,27,28)(H,31,34). The summed E-state index contributed by atoms with van der Waals surface area (Å²) in [5.74, 6) is 1.25. The molecule has 12 heteroatoms. The van der Waals surface area contributed by atoms with E-state index in [-0.39, 0.29) is 21.9 Å². The molecule has 11 nitrogen and oxygen atoms in total. The Labute approximate surface area is 223 Å². The Bertz CT molecular complexity index is 1450. The summed E-state index contributed by atoms with van der Waals surface area (Å²) in [6, 6.07) is 9.25. The van der Waals surface area contributed by atoms with Crippen molar-refractivity contribution in [2.24, 2.45) is 11.8 Å². The highest BCUT2D eigenvalue weighted by Crippen LogP contribution is 2.39. The summed E-state index contributed by atoms with van der Waals surface area (Å²) in [6.07, 6.45) is 0.902. The molecule has 0 bridgehead atoms. The van der Waals surface area contributed by atoms with E-state index in [1.54, 1.807) is 16.8 Å². The largest absolute Gasteiger partial charge is 0.476 e. The Morgan fingerprint density at radius 3 is 2.61 bits per heavy atom. The number of hydrogen-bond donors (Lipinski definition) is 2. The average Bonchev–Trinajstić information content (AvgIpc) is 3.35. The van der Waals surface area contributed by atoms with Gasteiger partial charge in [-0.3, -0.25) is 4.79 Å². The van der Waals surface area contributed by atoms with Gasteiger partial charge >= 0.3 is 0 Å². The van der Waals surface area contributed by atoms with Crippen LogP contribution in [-0.2, 0) is 10.0 Å². The molecule has 204 valence electrons. The summed E-state index contributed by atoms with van der Waals surface area (Å²) in [6.45, 7) is 13.5. The van der Waals surface area contributed by atoms with Crippen LogP contribution in [0.4, 0.5) is 11.6 Å². The fourth-order valence-corrected chi connectivity index (χ4v) is 5.30. The molecule has 0 aromatic carbocycles. The first-order chi connectivity index (χ1) is 17.8. The van der Waals surface area contributed by atoms with Gasteiger partial charge in [0.1, 0.15) is 11.6 Å². The molecular weight excluding hydrogens is 506 g/mol. The smallest absolute Gasteiger partial charge is 0.281 e. The zero-order valence-corrected chi connectivity index (χ0v) is 23.4. The van der Waals surface area contributed by atoms with Crippen LogP contribution in [0, 0.1) is 18.8 Å². The highest BCUT2D eigenvalue weighted by Gasteiger charge is 2.41. The summed E-state index contributed by atoms with van der Waals surface area (Å²) < 4.78 is 35.4. The van der Waals surface area contributed by atoms with Gasteiger partial charge in [0.25, 0.3) is 15.9 Å². The second kappa shape index (κ2) is 10.2. The minimum absolute atomic E-state index is 0.0335. The molecule has 3 aromatic heterocycles. The van der Waals surface area contributed by atoms with Crippen LogP contribution in [0.2, 0.25) is 0 Å². The lowest BCUT2D eigenvalue weighted by Gasteiger charge is -2.36. The molecule has 1 unspecified atom stereocenters. The lowest BCUT2D eigenvalue weighted by molar-refractivity contribution is 0.0981. The van der Waals surface area contributed by atoms with Gasteiger partial charge in [-0.2, -0.15) is 8.42 Å². The van der Waals surface area contributed by atoms with Crippen LogP contribution in [0.5, 0.6) is 5.88 Å². The van der Waals surface area contributed by atoms with Gasteiger partial charge in [-0.15, -0.1) is 5.10 Å². The topological polar surface area (TPSA) is 145 Å². The number of carbonyl (C=O) groups excluding carboxylic acids is 1. The molecular formula is C26H35N7O4S. The Hall–Kier alpha value is -3.67. The number of aromatic nitrogens is 4. The van der Waals surface area contributed by atoms with Gasteiger partial charge in [-0.1, -0.05) is 26.8 Å². The molecule has 0 saturated carbocycles. The van der Waals surface area contributed by atoms with E-state index in [1.807, 2.05) is 13.0 Å². The molecule has 1 saturated heterocycles. The molecule has 1 amide bonds. The maximum absolute atomic E-state index is 13.4. The maximum atomic E-state index is 13.4. The summed E-state index contributed by atoms with van der Waals surface area (Å²) in [7, 11) is -4.26. The van der Waals surface area contributed by atoms with Crippen LogP contribution >= 0.6 is 0 Å². The molecule has 0 radical (unpaired) electrons. The summed E-state index contributed by atoms with van der Waals surface area (Å²) >= 11 is 0. The fourth-order valence-electron chi connectivity index (χ4n) is 4.36. The summed E-state index contributed by atoms with van der Waals surface area (Å²) in [4.78, 5) is 24.1. The van der Waals surface area contributed by atoms with Gasteiger partial charge < -0.3 is 15.4 Å². The maximum Gasteiger partial charge on any atom is 0.281 e. The van der Waals surface area contributed by atoms with Crippen LogP contribution < -0.4 is 20.1 Å². The normalized spacial score (nSPS) is 17.1. The van der Waals surface area contributed by atoms with Crippen molar-refractivity contribution in [3.05, 3.63) is 47.7 Å². The van der Waals surface area contributed by atoms with E-state index in [2.05, 4.69) is 54.3 Å². The third-order valence-corrected chi connectivity index (χ3v) is 8.17. The number of carbonyl (C=O) groups is 1. The van der Waals surface area contributed by atoms with Crippen molar-refractivity contribution in [1.29, 1.82) is 0 Å². The number of rotatable bonds is 8. The van der Waals surface area contributed by atoms with E-state index in [0.29, 0.717) is 42.5 Å². The minimum Gasteiger partial charge on any atom is -0.476 e. The lowest BCUT2D eigenvalue weighted by atomic mass is 9.90. The Kier molecular flexibility index (Phi) is 7.37. The van der Waals surface area contributed by atoms with Gasteiger partial charge in [0.05, 0.1) is 12.2 Å². The van der Waals surface area contributed by atoms with E-state index in [9.17, 15) is 13.2 Å². The Balaban J connectivity index is 1.74. The molecule has 3 aromatic rings. The van der Waals surface area contributed by atoms with Crippen LogP contribution in [0.25, 0.3) is 5.82 Å². The molecule has 0 aliphatic carbocycles. The van der Waals surface area contributed by atoms with Gasteiger partial charge in [-0.05, 0) is 63.3 Å². The number of nitrogens with one attached hydrogen (secondary N) is 1. The van der Waals surface area contributed by atoms with E-state index in [1.165, 1.54) is 18.2 Å². The van der Waals surface area contributed by atoms with Gasteiger partial charge in [0.15, 0.2) is 10.8 Å². The second-order valence-corrected chi connectivity index (χ2v) is 12.2. The van der Waals surface area contributed by atoms with E-state index in [0.717, 1.165) is 12.1 Å². The summed E-state index contributed by atoms with van der Waals surface area (Å²) in [5, 5.41) is 4.21. The zero-order chi connectivity index (χ0) is 27.8. The number of pyridine rings is 2. The lowest BCUT2D eigenvalue weighted by Crippen LogP contribution is -2.44. The Morgan fingerprint density at radius 2 is 1.97 bits per heavy atom. The van der Waals surface area contributed by atoms with Crippen molar-refractivity contribution in [2.75, 3.05) is 23.8 Å². The van der Waals surface area contributed by atoms with Crippen LogP contribution in [0.1, 0.15) is 57.1 Å². The first kappa shape index (κ1) is 27.4. The highest BCUT2D eigenvalue weighted by molar-refractivity contribution is 7.90. The first-order valence-electron chi connectivity index (χ1n) is 12.6. The van der Waals surface area contributed by atoms with Crippen molar-refractivity contribution < 1.29 is 17.9 Å². The van der Waals surface area contributed by atoms with Crippen molar-refractivity contribution in [3.8, 4) is 11.7 Å². The highest BCUT2D eigenvalue weighted by atomic mass is 32.2. The Morgan fingerprint density at radius 1 is 1.24 bits per heavy atom. The van der Waals surface area contributed by atoms with Crippen molar-refractivity contribution in [1.82, 2.24) is 24.5 Å². The first-order valence-corrected chi connectivity index (χ1v) is 14.1. The number of ether oxygens (including phenoxy) is 1. The van der Waals surface area contributed by atoms with E-state index >= 15 is 0 Å². The van der Waals surface area contributed by atoms with Gasteiger partial charge in [0, 0.05) is 23.8 Å². The quantitative estimate of drug-likeness (QED) is 0.438. The average molecular weight is 542 g/mol. The molecule has 1 fully saturated rings. The number of hydrogen-bond acceptors (Lipinski definition) is 9. The molecule has 1 aliphatic heterocycles. The fraction of sp³-hybridized carbons (Fsp3) is 0.462. The number of nitrogens with two attached hydrogens (primary N) is 1. The monoisotopic (exact) mass is 541 g/mol. The predicted molar refractivity (Wildman–Crippen MR) is 145 cm³/mol. The SMILES string of the molecule is Cc1cc(OCC(C)C)nn1-c1ccc(C(=O)NS(=O)(=O)c2cccc(N)n2)c(N2CCC(C)C2(C)C)n1. The number of amides is 1. The molecule has 4 heterocycles. The summed E-state index contributed by atoms with van der Waals surface area (Å²) in [5.41, 5.74) is 6.26. The van der Waals surface area contributed by atoms with E-state index in [4.69, 9.17) is 15.5 Å². The molecule has 1 atom stereocenters. The molecule has 3 N–H and O–H groups in total. The van der Waals surface area contributed by atoms with Gasteiger partial charge in [-0.25, -0.2) is 19.4 Å². The molecule has 1 aliphatic rings. The number of aryl methyl sites for hydroxylation is 1. The molecule has 0 spiro atoms. The number of anilines is 2. The second-order valence-electron chi connectivity index (χ2n) is 10.6. The van der Waals surface area contributed by atoms with Crippen molar-refractivity contribution in [2.45, 2.75) is 58.5 Å². The number of nitrogen functional groups attached to an aromatic ring is 1. The molecule has 38 heavy (non-hydrogen) atoms.